The molecule has 2 heterocycles. The van der Waals surface area contributed by atoms with Crippen molar-refractivity contribution in [1.29, 1.82) is 0 Å². The molecule has 0 radical (unpaired) electrons. The molecule has 18 heavy (non-hydrogen) atoms. The van der Waals surface area contributed by atoms with Crippen LogP contribution in [-0.2, 0) is 7.05 Å². The lowest BCUT2D eigenvalue weighted by Gasteiger charge is -2.06. The summed E-state index contributed by atoms with van der Waals surface area (Å²) in [6.45, 7) is 0. The van der Waals surface area contributed by atoms with Gasteiger partial charge in [-0.05, 0) is 34.8 Å². The van der Waals surface area contributed by atoms with Crippen LogP contribution < -0.4 is 5.32 Å². The molecule has 0 spiro atoms. The van der Waals surface area contributed by atoms with Crippen LogP contribution in [0.15, 0.2) is 29.1 Å². The van der Waals surface area contributed by atoms with Crippen LogP contribution in [-0.4, -0.2) is 20.3 Å². The summed E-state index contributed by atoms with van der Waals surface area (Å²) in [7, 11) is 1.82. The molecule has 2 aromatic heterocycles. The number of hydrogen-bond donors (Lipinski definition) is 1. The highest BCUT2D eigenvalue weighted by molar-refractivity contribution is 9.10. The molecule has 3 rings (SSSR count). The number of nitrogens with one attached hydrogen (secondary N) is 1. The Hall–Kier alpha value is -1.56. The minimum Gasteiger partial charge on any atom is -0.339 e. The minimum absolute atomic E-state index is 0.0967. The van der Waals surface area contributed by atoms with Gasteiger partial charge in [-0.3, -0.25) is 9.48 Å². The Bertz CT molecular complexity index is 597. The lowest BCUT2D eigenvalue weighted by Crippen LogP contribution is -2.16. The number of hydrogen-bond acceptors (Lipinski definition) is 2. The summed E-state index contributed by atoms with van der Waals surface area (Å²) in [5.74, 6) is -0.0967. The van der Waals surface area contributed by atoms with Gasteiger partial charge in [0.05, 0.1) is 11.9 Å². The average molecular weight is 309 g/mol. The molecule has 1 aliphatic carbocycles. The molecule has 1 saturated carbocycles. The van der Waals surface area contributed by atoms with Crippen molar-refractivity contribution in [2.45, 2.75) is 18.9 Å². The Labute approximate surface area is 113 Å². The Morgan fingerprint density at radius 3 is 2.89 bits per heavy atom. The first-order valence-electron chi connectivity index (χ1n) is 5.81. The van der Waals surface area contributed by atoms with Crippen molar-refractivity contribution in [3.05, 3.63) is 34.8 Å². The summed E-state index contributed by atoms with van der Waals surface area (Å²) in [6, 6.07) is 2.33. The fraction of sp³-hybridized carbons (Fsp3) is 0.333. The highest BCUT2D eigenvalue weighted by atomic mass is 79.9. The number of rotatable bonds is 3. The molecule has 1 fully saturated rings. The third-order valence-electron chi connectivity index (χ3n) is 2.95. The van der Waals surface area contributed by atoms with E-state index in [0.29, 0.717) is 17.4 Å². The van der Waals surface area contributed by atoms with Crippen molar-refractivity contribution in [1.82, 2.24) is 14.3 Å². The van der Waals surface area contributed by atoms with Crippen LogP contribution in [0.3, 0.4) is 0 Å². The summed E-state index contributed by atoms with van der Waals surface area (Å²) in [6.07, 6.45) is 7.67. The fourth-order valence-corrected chi connectivity index (χ4v) is 2.40. The fourth-order valence-electron chi connectivity index (χ4n) is 1.96. The molecular weight excluding hydrogens is 296 g/mol. The maximum Gasteiger partial charge on any atom is 0.272 e. The smallest absolute Gasteiger partial charge is 0.272 e. The lowest BCUT2D eigenvalue weighted by atomic mass is 10.4. The Kier molecular flexibility index (Phi) is 2.74. The van der Waals surface area contributed by atoms with Crippen molar-refractivity contribution in [2.75, 3.05) is 5.32 Å². The van der Waals surface area contributed by atoms with Gasteiger partial charge in [-0.2, -0.15) is 5.10 Å². The van der Waals surface area contributed by atoms with Crippen LogP contribution in [0.25, 0.3) is 0 Å². The molecule has 2 aromatic rings. The number of aromatic nitrogens is 3. The van der Waals surface area contributed by atoms with E-state index >= 15 is 0 Å². The first-order chi connectivity index (χ1) is 8.63. The van der Waals surface area contributed by atoms with E-state index in [1.165, 1.54) is 0 Å². The van der Waals surface area contributed by atoms with Crippen molar-refractivity contribution in [3.63, 3.8) is 0 Å². The van der Waals surface area contributed by atoms with Crippen molar-refractivity contribution >= 4 is 27.5 Å². The van der Waals surface area contributed by atoms with E-state index in [1.807, 2.05) is 23.9 Å². The van der Waals surface area contributed by atoms with E-state index in [4.69, 9.17) is 0 Å². The van der Waals surface area contributed by atoms with Gasteiger partial charge in [0.15, 0.2) is 0 Å². The van der Waals surface area contributed by atoms with E-state index in [-0.39, 0.29) is 5.91 Å². The van der Waals surface area contributed by atoms with Gasteiger partial charge < -0.3 is 9.88 Å². The highest BCUT2D eigenvalue weighted by Gasteiger charge is 2.27. The van der Waals surface area contributed by atoms with Crippen molar-refractivity contribution in [2.24, 2.45) is 7.05 Å². The SMILES string of the molecule is Cn1cc(NC(=O)c2cc(Br)cn2C2CC2)cn1. The van der Waals surface area contributed by atoms with Crippen LogP contribution in [0.1, 0.15) is 29.4 Å². The summed E-state index contributed by atoms with van der Waals surface area (Å²) in [5, 5.41) is 6.88. The zero-order valence-corrected chi connectivity index (χ0v) is 11.5. The van der Waals surface area contributed by atoms with Gasteiger partial charge in [0.2, 0.25) is 0 Å². The lowest BCUT2D eigenvalue weighted by molar-refractivity contribution is 0.101. The molecule has 5 nitrogen and oxygen atoms in total. The van der Waals surface area contributed by atoms with Gasteiger partial charge in [0.25, 0.3) is 5.91 Å². The summed E-state index contributed by atoms with van der Waals surface area (Å²) >= 11 is 3.42. The number of aryl methyl sites for hydroxylation is 1. The normalized spacial score (nSPS) is 14.8. The van der Waals surface area contributed by atoms with E-state index in [1.54, 1.807) is 17.1 Å². The standard InChI is InChI=1S/C12H13BrN4O/c1-16-7-9(5-14-16)15-12(18)11-4-8(13)6-17(11)10-2-3-10/h4-7,10H,2-3H2,1H3,(H,15,18). The summed E-state index contributed by atoms with van der Waals surface area (Å²) in [4.78, 5) is 12.2. The second-order valence-electron chi connectivity index (χ2n) is 4.54. The predicted octanol–water partition coefficient (Wildman–Crippen LogP) is 2.57. The molecule has 1 aliphatic rings. The van der Waals surface area contributed by atoms with Gasteiger partial charge >= 0.3 is 0 Å². The van der Waals surface area contributed by atoms with Gasteiger partial charge in [-0.1, -0.05) is 0 Å². The number of halogens is 1. The largest absolute Gasteiger partial charge is 0.339 e. The predicted molar refractivity (Wildman–Crippen MR) is 71.6 cm³/mol. The second kappa shape index (κ2) is 4.28. The molecule has 0 aromatic carbocycles. The van der Waals surface area contributed by atoms with E-state index < -0.39 is 0 Å². The maximum absolute atomic E-state index is 12.2. The monoisotopic (exact) mass is 308 g/mol. The van der Waals surface area contributed by atoms with E-state index in [0.717, 1.165) is 17.3 Å². The molecular formula is C12H13BrN4O. The molecule has 0 atom stereocenters. The molecule has 0 saturated heterocycles. The molecule has 94 valence electrons. The number of carbonyl (C=O) groups is 1. The first kappa shape index (κ1) is 11.5. The number of nitrogens with zero attached hydrogens (tertiary/aromatic N) is 3. The van der Waals surface area contributed by atoms with Crippen LogP contribution in [0.2, 0.25) is 0 Å². The van der Waals surface area contributed by atoms with Crippen LogP contribution in [0.4, 0.5) is 5.69 Å². The summed E-state index contributed by atoms with van der Waals surface area (Å²) < 4.78 is 4.63. The minimum atomic E-state index is -0.0967. The van der Waals surface area contributed by atoms with Crippen LogP contribution in [0.5, 0.6) is 0 Å². The van der Waals surface area contributed by atoms with Crippen LogP contribution in [0, 0.1) is 0 Å². The second-order valence-corrected chi connectivity index (χ2v) is 5.45. The molecule has 0 aliphatic heterocycles. The first-order valence-corrected chi connectivity index (χ1v) is 6.60. The average Bonchev–Trinajstić information content (AvgIpc) is 2.98. The molecule has 1 amide bonds. The Morgan fingerprint density at radius 2 is 2.28 bits per heavy atom. The highest BCUT2D eigenvalue weighted by Crippen LogP contribution is 2.37. The maximum atomic E-state index is 12.2. The number of anilines is 1. The quantitative estimate of drug-likeness (QED) is 0.947. The van der Waals surface area contributed by atoms with Gasteiger partial charge in [0, 0.05) is 30.0 Å². The third-order valence-corrected chi connectivity index (χ3v) is 3.38. The third kappa shape index (κ3) is 2.20. The number of carbonyl (C=O) groups excluding carboxylic acids is 1. The molecule has 1 N–H and O–H groups in total. The zero-order chi connectivity index (χ0) is 12.7. The van der Waals surface area contributed by atoms with Crippen molar-refractivity contribution < 1.29 is 4.79 Å². The van der Waals surface area contributed by atoms with Crippen molar-refractivity contribution in [3.8, 4) is 0 Å². The molecule has 6 heteroatoms. The Balaban J connectivity index is 1.83. The van der Waals surface area contributed by atoms with E-state index in [2.05, 4.69) is 26.3 Å². The van der Waals surface area contributed by atoms with Gasteiger partial charge in [-0.15, -0.1) is 0 Å². The molecule has 0 bridgehead atoms. The van der Waals surface area contributed by atoms with Gasteiger partial charge in [-0.25, -0.2) is 0 Å². The van der Waals surface area contributed by atoms with Gasteiger partial charge in [0.1, 0.15) is 5.69 Å². The topological polar surface area (TPSA) is 51.9 Å². The Morgan fingerprint density at radius 1 is 1.50 bits per heavy atom. The summed E-state index contributed by atoms with van der Waals surface area (Å²) in [5.41, 5.74) is 1.40. The molecule has 0 unspecified atom stereocenters. The van der Waals surface area contributed by atoms with Crippen LogP contribution >= 0.6 is 15.9 Å². The zero-order valence-electron chi connectivity index (χ0n) is 9.93. The van der Waals surface area contributed by atoms with E-state index in [9.17, 15) is 4.79 Å². The number of amides is 1.